The Labute approximate surface area is 166 Å². The Kier molecular flexibility index (Phi) is 5.93. The van der Waals surface area contributed by atoms with E-state index in [2.05, 4.69) is 16.4 Å². The van der Waals surface area contributed by atoms with E-state index in [0.717, 1.165) is 43.7 Å². The minimum absolute atomic E-state index is 0.0117. The van der Waals surface area contributed by atoms with Crippen molar-refractivity contribution >= 4 is 5.91 Å². The fraction of sp³-hybridized carbons (Fsp3) is 0.591. The Hall–Kier alpha value is -2.37. The van der Waals surface area contributed by atoms with Crippen molar-refractivity contribution in [2.45, 2.75) is 64.0 Å². The first-order valence-corrected chi connectivity index (χ1v) is 10.6. The molecule has 1 unspecified atom stereocenters. The summed E-state index contributed by atoms with van der Waals surface area (Å²) in [6.07, 6.45) is 11.4. The third-order valence-electron chi connectivity index (χ3n) is 6.17. The van der Waals surface area contributed by atoms with Crippen LogP contribution in [-0.2, 0) is 6.54 Å². The molecule has 0 N–H and O–H groups in total. The quantitative estimate of drug-likeness (QED) is 0.776. The van der Waals surface area contributed by atoms with Gasteiger partial charge in [0.1, 0.15) is 5.75 Å². The Balaban J connectivity index is 1.49. The lowest BCUT2D eigenvalue weighted by molar-refractivity contribution is 0.0605. The van der Waals surface area contributed by atoms with Crippen LogP contribution in [0.4, 0.5) is 0 Å². The molecule has 1 aromatic heterocycles. The van der Waals surface area contributed by atoms with E-state index < -0.39 is 0 Å². The van der Waals surface area contributed by atoms with E-state index in [4.69, 9.17) is 4.74 Å². The highest BCUT2D eigenvalue weighted by Gasteiger charge is 2.30. The smallest absolute Gasteiger partial charge is 0.276 e. The summed E-state index contributed by atoms with van der Waals surface area (Å²) in [7, 11) is 1.67. The highest BCUT2D eigenvalue weighted by Crippen LogP contribution is 2.33. The SMILES string of the molecule is COc1cccc(C2CCCCN2C(=O)c2cn(CC3CCCCC3)nn2)c1. The van der Waals surface area contributed by atoms with E-state index in [1.54, 1.807) is 7.11 Å². The Bertz CT molecular complexity index is 797. The molecule has 2 fully saturated rings. The van der Waals surface area contributed by atoms with Crippen molar-refractivity contribution in [2.75, 3.05) is 13.7 Å². The highest BCUT2D eigenvalue weighted by atomic mass is 16.5. The second kappa shape index (κ2) is 8.76. The van der Waals surface area contributed by atoms with Gasteiger partial charge in [-0.1, -0.05) is 36.6 Å². The maximum atomic E-state index is 13.2. The Morgan fingerprint density at radius 3 is 2.79 bits per heavy atom. The minimum Gasteiger partial charge on any atom is -0.497 e. The molecular formula is C22H30N4O2. The van der Waals surface area contributed by atoms with Crippen molar-refractivity contribution in [2.24, 2.45) is 5.92 Å². The summed E-state index contributed by atoms with van der Waals surface area (Å²) in [5.74, 6) is 1.48. The van der Waals surface area contributed by atoms with E-state index in [1.165, 1.54) is 32.1 Å². The fourth-order valence-electron chi connectivity index (χ4n) is 4.64. The van der Waals surface area contributed by atoms with Gasteiger partial charge in [-0.15, -0.1) is 5.10 Å². The largest absolute Gasteiger partial charge is 0.497 e. The first kappa shape index (κ1) is 19.0. The van der Waals surface area contributed by atoms with Gasteiger partial charge in [0, 0.05) is 13.1 Å². The van der Waals surface area contributed by atoms with E-state index in [1.807, 2.05) is 34.0 Å². The summed E-state index contributed by atoms with van der Waals surface area (Å²) >= 11 is 0. The minimum atomic E-state index is -0.0117. The summed E-state index contributed by atoms with van der Waals surface area (Å²) in [4.78, 5) is 15.2. The molecule has 1 saturated heterocycles. The molecule has 1 aliphatic heterocycles. The molecule has 2 heterocycles. The zero-order valence-corrected chi connectivity index (χ0v) is 16.7. The maximum absolute atomic E-state index is 13.2. The van der Waals surface area contributed by atoms with Gasteiger partial charge in [0.25, 0.3) is 5.91 Å². The Morgan fingerprint density at radius 1 is 1.14 bits per heavy atom. The van der Waals surface area contributed by atoms with Crippen molar-refractivity contribution in [3.05, 3.63) is 41.7 Å². The number of hydrogen-bond acceptors (Lipinski definition) is 4. The van der Waals surface area contributed by atoms with Gasteiger partial charge in [-0.2, -0.15) is 0 Å². The molecule has 6 heteroatoms. The molecule has 6 nitrogen and oxygen atoms in total. The number of carbonyl (C=O) groups excluding carboxylic acids is 1. The van der Waals surface area contributed by atoms with Crippen LogP contribution in [0.1, 0.15) is 73.5 Å². The third-order valence-corrected chi connectivity index (χ3v) is 6.17. The van der Waals surface area contributed by atoms with Gasteiger partial charge < -0.3 is 9.64 Å². The van der Waals surface area contributed by atoms with Crippen molar-refractivity contribution < 1.29 is 9.53 Å². The molecule has 28 heavy (non-hydrogen) atoms. The van der Waals surface area contributed by atoms with Crippen LogP contribution in [0.25, 0.3) is 0 Å². The molecule has 1 amide bonds. The zero-order valence-electron chi connectivity index (χ0n) is 16.7. The summed E-state index contributed by atoms with van der Waals surface area (Å²) in [6, 6.07) is 8.12. The van der Waals surface area contributed by atoms with E-state index in [-0.39, 0.29) is 11.9 Å². The summed E-state index contributed by atoms with van der Waals surface area (Å²) in [6.45, 7) is 1.63. The first-order chi connectivity index (χ1) is 13.7. The van der Waals surface area contributed by atoms with Crippen molar-refractivity contribution in [1.82, 2.24) is 19.9 Å². The molecule has 0 radical (unpaired) electrons. The summed E-state index contributed by atoms with van der Waals surface area (Å²) < 4.78 is 7.24. The Morgan fingerprint density at radius 2 is 1.96 bits per heavy atom. The molecule has 0 bridgehead atoms. The molecule has 2 aromatic rings. The molecule has 4 rings (SSSR count). The average molecular weight is 383 g/mol. The number of aromatic nitrogens is 3. The van der Waals surface area contributed by atoms with Crippen LogP contribution in [0.3, 0.4) is 0 Å². The number of amides is 1. The first-order valence-electron chi connectivity index (χ1n) is 10.6. The normalized spacial score (nSPS) is 20.9. The van der Waals surface area contributed by atoms with Gasteiger partial charge >= 0.3 is 0 Å². The molecule has 1 aromatic carbocycles. The predicted octanol–water partition coefficient (Wildman–Crippen LogP) is 4.23. The lowest BCUT2D eigenvalue weighted by Crippen LogP contribution is -2.38. The second-order valence-electron chi connectivity index (χ2n) is 8.12. The van der Waals surface area contributed by atoms with Crippen LogP contribution in [0, 0.1) is 5.92 Å². The molecule has 0 spiro atoms. The zero-order chi connectivity index (χ0) is 19.3. The third kappa shape index (κ3) is 4.21. The van der Waals surface area contributed by atoms with Gasteiger partial charge in [-0.3, -0.25) is 9.48 Å². The molecule has 1 aliphatic carbocycles. The summed E-state index contributed by atoms with van der Waals surface area (Å²) in [5, 5.41) is 8.47. The number of nitrogens with zero attached hydrogens (tertiary/aromatic N) is 4. The van der Waals surface area contributed by atoms with Crippen molar-refractivity contribution in [1.29, 1.82) is 0 Å². The number of hydrogen-bond donors (Lipinski definition) is 0. The maximum Gasteiger partial charge on any atom is 0.276 e. The van der Waals surface area contributed by atoms with Crippen LogP contribution >= 0.6 is 0 Å². The van der Waals surface area contributed by atoms with Crippen LogP contribution < -0.4 is 4.74 Å². The predicted molar refractivity (Wildman–Crippen MR) is 107 cm³/mol. The number of piperidine rings is 1. The van der Waals surface area contributed by atoms with Crippen LogP contribution in [-0.4, -0.2) is 39.5 Å². The standard InChI is InChI=1S/C22H30N4O2/c1-28-19-11-7-10-18(14-19)21-12-5-6-13-26(21)22(27)20-16-25(24-23-20)15-17-8-3-2-4-9-17/h7,10-11,14,16-17,21H,2-6,8-9,12-13,15H2,1H3. The summed E-state index contributed by atoms with van der Waals surface area (Å²) in [5.41, 5.74) is 1.59. The number of likely N-dealkylation sites (tertiary alicyclic amines) is 1. The van der Waals surface area contributed by atoms with E-state index in [9.17, 15) is 4.79 Å². The molecule has 1 atom stereocenters. The molecule has 2 aliphatic rings. The average Bonchev–Trinajstić information content (AvgIpc) is 3.22. The van der Waals surface area contributed by atoms with E-state index >= 15 is 0 Å². The van der Waals surface area contributed by atoms with Crippen LogP contribution in [0.2, 0.25) is 0 Å². The van der Waals surface area contributed by atoms with Gasteiger partial charge in [-0.25, -0.2) is 0 Å². The van der Waals surface area contributed by atoms with Crippen LogP contribution in [0.15, 0.2) is 30.5 Å². The van der Waals surface area contributed by atoms with Gasteiger partial charge in [0.2, 0.25) is 0 Å². The van der Waals surface area contributed by atoms with Crippen molar-refractivity contribution in [3.63, 3.8) is 0 Å². The highest BCUT2D eigenvalue weighted by molar-refractivity contribution is 5.92. The van der Waals surface area contributed by atoms with Crippen molar-refractivity contribution in [3.8, 4) is 5.75 Å². The lowest BCUT2D eigenvalue weighted by Gasteiger charge is -2.35. The van der Waals surface area contributed by atoms with Gasteiger partial charge in [0.15, 0.2) is 5.69 Å². The lowest BCUT2D eigenvalue weighted by atomic mass is 9.89. The number of benzene rings is 1. The van der Waals surface area contributed by atoms with Gasteiger partial charge in [-0.05, 0) is 55.7 Å². The number of methoxy groups -OCH3 is 1. The molecule has 1 saturated carbocycles. The number of ether oxygens (including phenoxy) is 1. The second-order valence-corrected chi connectivity index (χ2v) is 8.12. The fourth-order valence-corrected chi connectivity index (χ4v) is 4.64. The van der Waals surface area contributed by atoms with Gasteiger partial charge in [0.05, 0.1) is 19.3 Å². The van der Waals surface area contributed by atoms with E-state index in [0.29, 0.717) is 11.6 Å². The number of rotatable bonds is 5. The topological polar surface area (TPSA) is 60.2 Å². The van der Waals surface area contributed by atoms with Crippen LogP contribution in [0.5, 0.6) is 5.75 Å². The molecule has 150 valence electrons. The molecular weight excluding hydrogens is 352 g/mol. The number of carbonyl (C=O) groups is 1. The monoisotopic (exact) mass is 382 g/mol.